The summed E-state index contributed by atoms with van der Waals surface area (Å²) >= 11 is 0.952. The molecule has 0 aliphatic rings. The van der Waals surface area contributed by atoms with Gasteiger partial charge in [-0.25, -0.2) is 4.98 Å². The van der Waals surface area contributed by atoms with Crippen molar-refractivity contribution in [1.82, 2.24) is 0 Å². The van der Waals surface area contributed by atoms with Gasteiger partial charge in [0.2, 0.25) is 5.91 Å². The number of benzene rings is 2. The number of aryl methyl sites for hydroxylation is 1. The Morgan fingerprint density at radius 2 is 1.79 bits per heavy atom. The summed E-state index contributed by atoms with van der Waals surface area (Å²) in [5, 5.41) is 22.0. The zero-order valence-electron chi connectivity index (χ0n) is 17.2. The van der Waals surface area contributed by atoms with E-state index in [0.29, 0.717) is 11.1 Å². The van der Waals surface area contributed by atoms with Gasteiger partial charge in [-0.3, -0.25) is 10.5 Å². The molecule has 0 saturated carbocycles. The molecule has 0 unspecified atom stereocenters. The van der Waals surface area contributed by atoms with Gasteiger partial charge in [-0.05, 0) is 30.7 Å². The fourth-order valence-corrected chi connectivity index (χ4v) is 3.89. The van der Waals surface area contributed by atoms with Gasteiger partial charge in [0.1, 0.15) is 23.3 Å². The summed E-state index contributed by atoms with van der Waals surface area (Å²) in [5.74, 6) is -0.746. The van der Waals surface area contributed by atoms with Gasteiger partial charge >= 0.3 is 6.18 Å². The molecule has 3 rings (SSSR count). The van der Waals surface area contributed by atoms with E-state index in [9.17, 15) is 28.5 Å². The van der Waals surface area contributed by atoms with E-state index in [4.69, 9.17) is 5.73 Å². The smallest absolute Gasteiger partial charge is 0.325 e. The highest BCUT2D eigenvalue weighted by atomic mass is 32.2. The van der Waals surface area contributed by atoms with E-state index in [0.717, 1.165) is 29.5 Å². The third-order valence-corrected chi connectivity index (χ3v) is 5.63. The lowest BCUT2D eigenvalue weighted by molar-refractivity contribution is -0.410. The first-order valence-corrected chi connectivity index (χ1v) is 10.5. The Balaban J connectivity index is 1.87. The Hall–Kier alpha value is -4.02. The van der Waals surface area contributed by atoms with Crippen LogP contribution in [0.3, 0.4) is 0 Å². The third-order valence-electron chi connectivity index (χ3n) is 4.63. The van der Waals surface area contributed by atoms with Gasteiger partial charge < -0.3 is 5.32 Å². The molecule has 0 aliphatic heterocycles. The molecule has 0 bridgehead atoms. The molecule has 33 heavy (non-hydrogen) atoms. The van der Waals surface area contributed by atoms with Crippen molar-refractivity contribution in [3.63, 3.8) is 0 Å². The number of nitrogens with one attached hydrogen (secondary N) is 2. The molecule has 0 radical (unpaired) electrons. The number of aromatic amines is 1. The number of halogens is 3. The Bertz CT molecular complexity index is 1290. The Kier molecular flexibility index (Phi) is 6.90. The number of pyridine rings is 1. The number of rotatable bonds is 5. The first kappa shape index (κ1) is 23.6. The molecule has 0 atom stereocenters. The number of nitrogens with two attached hydrogens (primary N) is 1. The number of nitriles is 2. The highest BCUT2D eigenvalue weighted by Crippen LogP contribution is 2.34. The van der Waals surface area contributed by atoms with E-state index in [-0.39, 0.29) is 33.4 Å². The zero-order valence-corrected chi connectivity index (χ0v) is 18.1. The first-order chi connectivity index (χ1) is 15.6. The number of thioether (sulfide) groups is 1. The zero-order chi connectivity index (χ0) is 24.2. The average molecular weight is 468 g/mol. The van der Waals surface area contributed by atoms with Crippen molar-refractivity contribution >= 4 is 29.2 Å². The molecule has 3 aromatic rings. The lowest BCUT2D eigenvalue weighted by atomic mass is 9.96. The molecule has 0 aliphatic carbocycles. The number of H-pyrrole nitrogens is 1. The molecule has 0 spiro atoms. The van der Waals surface area contributed by atoms with E-state index in [1.54, 1.807) is 12.1 Å². The third kappa shape index (κ3) is 5.43. The number of carbonyl (C=O) groups is 1. The van der Waals surface area contributed by atoms with Gasteiger partial charge in [0.05, 0.1) is 11.3 Å². The number of nitrogens with zero attached hydrogens (tertiary/aromatic N) is 2. The highest BCUT2D eigenvalue weighted by Gasteiger charge is 2.30. The van der Waals surface area contributed by atoms with Crippen molar-refractivity contribution in [2.75, 3.05) is 16.8 Å². The van der Waals surface area contributed by atoms with E-state index in [1.807, 2.05) is 25.1 Å². The molecular formula is C23H17F3N5OS+. The standard InChI is InChI=1S/C23H16F3N5OS/c1-13-5-7-14(8-6-13)20-17(10-27)21(29)31-22(18(20)11-28)33-12-19(32)30-16-4-2-3-15(9-16)23(24,25)26/h2-9H,12H2,1H3,(H2,29,31)(H,30,32)/p+1. The van der Waals surface area contributed by atoms with E-state index in [2.05, 4.69) is 16.4 Å². The van der Waals surface area contributed by atoms with E-state index < -0.39 is 17.6 Å². The lowest BCUT2D eigenvalue weighted by Gasteiger charge is -2.11. The quantitative estimate of drug-likeness (QED) is 0.533. The number of aromatic nitrogens is 1. The number of hydrogen-bond acceptors (Lipinski definition) is 5. The Labute approximate surface area is 191 Å². The molecule has 1 aromatic heterocycles. The van der Waals surface area contributed by atoms with Gasteiger partial charge in [0.15, 0.2) is 5.03 Å². The lowest BCUT2D eigenvalue weighted by Crippen LogP contribution is -2.21. The molecule has 1 heterocycles. The fourth-order valence-electron chi connectivity index (χ4n) is 3.07. The topological polar surface area (TPSA) is 117 Å². The summed E-state index contributed by atoms with van der Waals surface area (Å²) in [7, 11) is 0. The number of amides is 1. The van der Waals surface area contributed by atoms with Crippen LogP contribution in [0.15, 0.2) is 53.6 Å². The van der Waals surface area contributed by atoms with Crippen LogP contribution in [0.1, 0.15) is 22.3 Å². The Morgan fingerprint density at radius 1 is 1.12 bits per heavy atom. The van der Waals surface area contributed by atoms with Gasteiger partial charge in [-0.1, -0.05) is 47.7 Å². The molecule has 6 nitrogen and oxygen atoms in total. The normalized spacial score (nSPS) is 10.8. The number of hydrogen-bond donors (Lipinski definition) is 2. The van der Waals surface area contributed by atoms with Gasteiger partial charge in [-0.2, -0.15) is 23.7 Å². The van der Waals surface area contributed by atoms with Crippen LogP contribution in [0.2, 0.25) is 0 Å². The number of anilines is 2. The maximum atomic E-state index is 12.9. The van der Waals surface area contributed by atoms with Crippen molar-refractivity contribution in [2.45, 2.75) is 18.1 Å². The SMILES string of the molecule is Cc1ccc(-c2c(C#N)c(N)[nH+]c(SCC(=O)Nc3cccc(C(F)(F)F)c3)c2C#N)cc1. The van der Waals surface area contributed by atoms with Crippen LogP contribution < -0.4 is 16.0 Å². The minimum atomic E-state index is -4.53. The van der Waals surface area contributed by atoms with Crippen LogP contribution in [0, 0.1) is 29.6 Å². The largest absolute Gasteiger partial charge is 0.416 e. The van der Waals surface area contributed by atoms with Crippen LogP contribution in [-0.4, -0.2) is 11.7 Å². The predicted octanol–water partition coefficient (Wildman–Crippen LogP) is 4.55. The second kappa shape index (κ2) is 9.63. The minimum Gasteiger partial charge on any atom is -0.325 e. The van der Waals surface area contributed by atoms with Crippen molar-refractivity contribution in [2.24, 2.45) is 0 Å². The molecule has 2 aromatic carbocycles. The summed E-state index contributed by atoms with van der Waals surface area (Å²) in [6, 6.07) is 15.6. The highest BCUT2D eigenvalue weighted by molar-refractivity contribution is 7.99. The Morgan fingerprint density at radius 3 is 2.39 bits per heavy atom. The first-order valence-electron chi connectivity index (χ1n) is 9.50. The summed E-state index contributed by atoms with van der Waals surface area (Å²) < 4.78 is 38.6. The second-order valence-corrected chi connectivity index (χ2v) is 7.98. The maximum Gasteiger partial charge on any atom is 0.416 e. The van der Waals surface area contributed by atoms with Crippen molar-refractivity contribution in [3.8, 4) is 23.3 Å². The van der Waals surface area contributed by atoms with Crippen LogP contribution in [0.5, 0.6) is 0 Å². The fraction of sp³-hybridized carbons (Fsp3) is 0.130. The molecular weight excluding hydrogens is 451 g/mol. The van der Waals surface area contributed by atoms with Crippen molar-refractivity contribution in [3.05, 3.63) is 70.8 Å². The van der Waals surface area contributed by atoms with Crippen LogP contribution in [0.4, 0.5) is 24.7 Å². The predicted molar refractivity (Wildman–Crippen MR) is 118 cm³/mol. The number of carbonyl (C=O) groups excluding carboxylic acids is 1. The van der Waals surface area contributed by atoms with Gasteiger partial charge in [0.25, 0.3) is 5.82 Å². The van der Waals surface area contributed by atoms with Gasteiger partial charge in [-0.15, -0.1) is 0 Å². The number of nitrogen functional groups attached to an aromatic ring is 1. The van der Waals surface area contributed by atoms with E-state index in [1.165, 1.54) is 12.1 Å². The van der Waals surface area contributed by atoms with Crippen LogP contribution in [-0.2, 0) is 11.0 Å². The summed E-state index contributed by atoms with van der Waals surface area (Å²) in [6.45, 7) is 1.90. The molecule has 166 valence electrons. The second-order valence-electron chi connectivity index (χ2n) is 7.00. The minimum absolute atomic E-state index is 0.000372. The molecule has 1 amide bonds. The van der Waals surface area contributed by atoms with Crippen LogP contribution >= 0.6 is 11.8 Å². The monoisotopic (exact) mass is 468 g/mol. The maximum absolute atomic E-state index is 12.9. The summed E-state index contributed by atoms with van der Waals surface area (Å²) in [4.78, 5) is 15.1. The molecule has 10 heteroatoms. The van der Waals surface area contributed by atoms with Crippen molar-refractivity contribution in [1.29, 1.82) is 10.5 Å². The number of alkyl halides is 3. The summed E-state index contributed by atoms with van der Waals surface area (Å²) in [5.41, 5.74) is 7.32. The van der Waals surface area contributed by atoms with E-state index >= 15 is 0 Å². The van der Waals surface area contributed by atoms with Crippen molar-refractivity contribution < 1.29 is 22.9 Å². The average Bonchev–Trinajstić information content (AvgIpc) is 2.77. The molecule has 0 fully saturated rings. The molecule has 0 saturated heterocycles. The van der Waals surface area contributed by atoms with Crippen LogP contribution in [0.25, 0.3) is 11.1 Å². The molecule has 4 N–H and O–H groups in total. The summed E-state index contributed by atoms with van der Waals surface area (Å²) in [6.07, 6.45) is -4.53. The van der Waals surface area contributed by atoms with Gasteiger partial charge in [0, 0.05) is 11.3 Å².